The SMILES string of the molecule is O=C(C1=CC2(CCNCC2)ON1)N1CCN(c2ncccc2C(F)(F)F)CC1. The Bertz CT molecular complexity index is 769. The highest BCUT2D eigenvalue weighted by Gasteiger charge is 2.40. The number of halogens is 3. The summed E-state index contributed by atoms with van der Waals surface area (Å²) in [4.78, 5) is 25.6. The number of hydrogen-bond acceptors (Lipinski definition) is 6. The summed E-state index contributed by atoms with van der Waals surface area (Å²) < 4.78 is 39.7. The minimum absolute atomic E-state index is 0.0858. The number of hydroxylamine groups is 1. The Hall–Kier alpha value is -2.33. The predicted molar refractivity (Wildman–Crippen MR) is 95.2 cm³/mol. The van der Waals surface area contributed by atoms with Crippen LogP contribution in [0.5, 0.6) is 0 Å². The van der Waals surface area contributed by atoms with Gasteiger partial charge in [0.05, 0.1) is 5.56 Å². The zero-order valence-electron chi connectivity index (χ0n) is 15.3. The van der Waals surface area contributed by atoms with Gasteiger partial charge in [-0.25, -0.2) is 4.98 Å². The van der Waals surface area contributed by atoms with Gasteiger partial charge in [0.1, 0.15) is 17.1 Å². The first-order chi connectivity index (χ1) is 13.4. The van der Waals surface area contributed by atoms with Gasteiger partial charge in [-0.1, -0.05) is 0 Å². The second-order valence-electron chi connectivity index (χ2n) is 7.23. The lowest BCUT2D eigenvalue weighted by Gasteiger charge is -2.36. The van der Waals surface area contributed by atoms with E-state index in [9.17, 15) is 18.0 Å². The second-order valence-corrected chi connectivity index (χ2v) is 7.23. The van der Waals surface area contributed by atoms with Crippen LogP contribution in [0.1, 0.15) is 18.4 Å². The fourth-order valence-electron chi connectivity index (χ4n) is 3.84. The van der Waals surface area contributed by atoms with Gasteiger partial charge in [0, 0.05) is 32.4 Å². The summed E-state index contributed by atoms with van der Waals surface area (Å²) in [7, 11) is 0. The Morgan fingerprint density at radius 3 is 2.57 bits per heavy atom. The molecule has 1 amide bonds. The van der Waals surface area contributed by atoms with Gasteiger partial charge in [-0.2, -0.15) is 13.2 Å². The summed E-state index contributed by atoms with van der Waals surface area (Å²) in [6, 6.07) is 2.31. The molecular formula is C18H22F3N5O2. The Morgan fingerprint density at radius 2 is 1.89 bits per heavy atom. The molecule has 4 rings (SSSR count). The van der Waals surface area contributed by atoms with Crippen LogP contribution in [0.4, 0.5) is 19.0 Å². The standard InChI is InChI=1S/C18H22F3N5O2/c19-18(20,21)13-2-1-5-23-15(13)25-8-10-26(11-9-25)16(27)14-12-17(28-24-14)3-6-22-7-4-17/h1-2,5,12,22,24H,3-4,6-11H2. The molecule has 0 aliphatic carbocycles. The summed E-state index contributed by atoms with van der Waals surface area (Å²) in [6.07, 6.45) is 0.304. The smallest absolute Gasteiger partial charge is 0.353 e. The van der Waals surface area contributed by atoms with Crippen LogP contribution < -0.4 is 15.7 Å². The number of piperidine rings is 1. The van der Waals surface area contributed by atoms with Crippen LogP contribution in [-0.2, 0) is 15.8 Å². The van der Waals surface area contributed by atoms with Gasteiger partial charge < -0.3 is 15.1 Å². The predicted octanol–water partition coefficient (Wildman–Crippen LogP) is 1.29. The van der Waals surface area contributed by atoms with E-state index in [1.165, 1.54) is 12.3 Å². The average molecular weight is 397 g/mol. The molecule has 3 aliphatic heterocycles. The maximum Gasteiger partial charge on any atom is 0.419 e. The van der Waals surface area contributed by atoms with Crippen LogP contribution in [0, 0.1) is 0 Å². The van der Waals surface area contributed by atoms with E-state index in [1.807, 2.05) is 6.08 Å². The van der Waals surface area contributed by atoms with Crippen molar-refractivity contribution >= 4 is 11.7 Å². The Balaban J connectivity index is 1.41. The summed E-state index contributed by atoms with van der Waals surface area (Å²) in [6.45, 7) is 2.86. The van der Waals surface area contributed by atoms with Crippen molar-refractivity contribution in [3.8, 4) is 0 Å². The van der Waals surface area contributed by atoms with Crippen molar-refractivity contribution in [1.82, 2.24) is 20.7 Å². The van der Waals surface area contributed by atoms with Gasteiger partial charge in [-0.05, 0) is 44.1 Å². The number of hydrogen-bond donors (Lipinski definition) is 2. The van der Waals surface area contributed by atoms with Crippen LogP contribution in [0.3, 0.4) is 0 Å². The van der Waals surface area contributed by atoms with E-state index in [4.69, 9.17) is 4.84 Å². The first kappa shape index (κ1) is 19.0. The lowest BCUT2D eigenvalue weighted by molar-refractivity contribution is -0.137. The van der Waals surface area contributed by atoms with E-state index in [-0.39, 0.29) is 24.8 Å². The number of nitrogens with zero attached hydrogens (tertiary/aromatic N) is 3. The van der Waals surface area contributed by atoms with Crippen molar-refractivity contribution in [1.29, 1.82) is 0 Å². The Kier molecular flexibility index (Phi) is 4.92. The minimum Gasteiger partial charge on any atom is -0.353 e. The zero-order valence-corrected chi connectivity index (χ0v) is 15.3. The monoisotopic (exact) mass is 397 g/mol. The zero-order chi connectivity index (χ0) is 19.8. The molecule has 28 heavy (non-hydrogen) atoms. The van der Waals surface area contributed by atoms with Crippen LogP contribution in [0.2, 0.25) is 0 Å². The molecule has 1 aromatic heterocycles. The third-order valence-corrected chi connectivity index (χ3v) is 5.41. The summed E-state index contributed by atoms with van der Waals surface area (Å²) in [5, 5.41) is 3.25. The summed E-state index contributed by atoms with van der Waals surface area (Å²) >= 11 is 0. The summed E-state index contributed by atoms with van der Waals surface area (Å²) in [5.41, 5.74) is 1.96. The normalized spacial score (nSPS) is 22.2. The number of piperazine rings is 1. The number of aromatic nitrogens is 1. The lowest BCUT2D eigenvalue weighted by atomic mass is 9.92. The van der Waals surface area contributed by atoms with Crippen molar-refractivity contribution in [3.63, 3.8) is 0 Å². The minimum atomic E-state index is -4.46. The van der Waals surface area contributed by atoms with Crippen LogP contribution in [-0.4, -0.2) is 60.7 Å². The maximum absolute atomic E-state index is 13.2. The first-order valence-electron chi connectivity index (χ1n) is 9.32. The number of anilines is 1. The topological polar surface area (TPSA) is 69.7 Å². The second kappa shape index (κ2) is 7.25. The molecule has 2 saturated heterocycles. The number of carbonyl (C=O) groups excluding carboxylic acids is 1. The quantitative estimate of drug-likeness (QED) is 0.784. The molecule has 0 aromatic carbocycles. The largest absolute Gasteiger partial charge is 0.419 e. The van der Waals surface area contributed by atoms with Gasteiger partial charge in [0.2, 0.25) is 0 Å². The van der Waals surface area contributed by atoms with Crippen molar-refractivity contribution in [2.75, 3.05) is 44.2 Å². The average Bonchev–Trinajstić information content (AvgIpc) is 3.10. The van der Waals surface area contributed by atoms with Crippen molar-refractivity contribution in [2.45, 2.75) is 24.6 Å². The number of carbonyl (C=O) groups is 1. The fourth-order valence-corrected chi connectivity index (χ4v) is 3.84. The number of pyridine rings is 1. The molecule has 0 radical (unpaired) electrons. The molecular weight excluding hydrogens is 375 g/mol. The number of nitrogens with one attached hydrogen (secondary N) is 2. The highest BCUT2D eigenvalue weighted by molar-refractivity contribution is 5.93. The molecule has 0 saturated carbocycles. The van der Waals surface area contributed by atoms with Gasteiger partial charge in [0.25, 0.3) is 5.91 Å². The van der Waals surface area contributed by atoms with Gasteiger partial charge in [-0.15, -0.1) is 0 Å². The van der Waals surface area contributed by atoms with Crippen molar-refractivity contribution in [3.05, 3.63) is 35.7 Å². The van der Waals surface area contributed by atoms with Crippen LogP contribution in [0.15, 0.2) is 30.1 Å². The van der Waals surface area contributed by atoms with E-state index in [1.54, 1.807) is 9.80 Å². The molecule has 0 bridgehead atoms. The first-order valence-corrected chi connectivity index (χ1v) is 9.32. The Morgan fingerprint density at radius 1 is 1.18 bits per heavy atom. The number of alkyl halides is 3. The molecule has 0 atom stereocenters. The van der Waals surface area contributed by atoms with E-state index >= 15 is 0 Å². The third-order valence-electron chi connectivity index (χ3n) is 5.41. The summed E-state index contributed by atoms with van der Waals surface area (Å²) in [5.74, 6) is -0.274. The number of rotatable bonds is 2. The molecule has 4 heterocycles. The molecule has 0 unspecified atom stereocenters. The molecule has 7 nitrogen and oxygen atoms in total. The van der Waals surface area contributed by atoms with E-state index in [0.29, 0.717) is 18.8 Å². The highest BCUT2D eigenvalue weighted by atomic mass is 19.4. The van der Waals surface area contributed by atoms with Crippen molar-refractivity contribution in [2.24, 2.45) is 0 Å². The maximum atomic E-state index is 13.2. The molecule has 152 valence electrons. The van der Waals surface area contributed by atoms with E-state index in [0.717, 1.165) is 32.0 Å². The third kappa shape index (κ3) is 3.66. The Labute approximate surface area is 160 Å². The molecule has 1 spiro atoms. The van der Waals surface area contributed by atoms with Gasteiger partial charge in [0.15, 0.2) is 0 Å². The van der Waals surface area contributed by atoms with Crippen molar-refractivity contribution < 1.29 is 22.8 Å². The lowest BCUT2D eigenvalue weighted by Crippen LogP contribution is -2.50. The van der Waals surface area contributed by atoms with Crippen LogP contribution in [0.25, 0.3) is 0 Å². The molecule has 2 N–H and O–H groups in total. The number of amides is 1. The van der Waals surface area contributed by atoms with E-state index < -0.39 is 17.3 Å². The molecule has 10 heteroatoms. The van der Waals surface area contributed by atoms with Gasteiger partial charge >= 0.3 is 6.18 Å². The molecule has 1 aromatic rings. The highest BCUT2D eigenvalue weighted by Crippen LogP contribution is 2.35. The molecule has 3 aliphatic rings. The van der Waals surface area contributed by atoms with Crippen LogP contribution >= 0.6 is 0 Å². The van der Waals surface area contributed by atoms with Gasteiger partial charge in [-0.3, -0.25) is 15.1 Å². The fraction of sp³-hybridized carbons (Fsp3) is 0.556. The van der Waals surface area contributed by atoms with E-state index in [2.05, 4.69) is 15.8 Å². The molecule has 2 fully saturated rings.